The molecule has 0 aliphatic rings. The Morgan fingerprint density at radius 1 is 1.00 bits per heavy atom. The largest absolute Gasteiger partial charge is 0.247 e. The summed E-state index contributed by atoms with van der Waals surface area (Å²) in [7, 11) is 0. The highest BCUT2D eigenvalue weighted by Crippen LogP contribution is 2.25. The maximum atomic E-state index is 5.37. The van der Waals surface area contributed by atoms with Crippen molar-refractivity contribution in [1.29, 1.82) is 0 Å². The molecule has 0 aromatic rings. The number of hydrogen-bond acceptors (Lipinski definition) is 3. The third-order valence-electron chi connectivity index (χ3n) is 1.56. The van der Waals surface area contributed by atoms with Gasteiger partial charge < -0.3 is 0 Å². The Kier molecular flexibility index (Phi) is 7.76. The topological polar surface area (TPSA) is 9.23 Å². The fraction of sp³-hybridized carbons (Fsp3) is 1.00. The van der Waals surface area contributed by atoms with Crippen LogP contribution in [0, 0.1) is 0 Å². The summed E-state index contributed by atoms with van der Waals surface area (Å²) in [6.07, 6.45) is 2.34. The number of rotatable bonds is 6. The summed E-state index contributed by atoms with van der Waals surface area (Å²) in [5, 5.41) is 1.23. The van der Waals surface area contributed by atoms with E-state index in [9.17, 15) is 0 Å². The lowest BCUT2D eigenvalue weighted by atomic mass is 10.4. The Morgan fingerprint density at radius 2 is 1.36 bits per heavy atom. The Labute approximate surface area is 79.1 Å². The molecule has 0 aromatic carbocycles. The molecule has 0 fully saturated rings. The molecular weight excluding hydrogens is 176 g/mol. The zero-order valence-corrected chi connectivity index (χ0v) is 9.43. The summed E-state index contributed by atoms with van der Waals surface area (Å²) in [5.74, 6) is 0. The van der Waals surface area contributed by atoms with E-state index in [1.54, 1.807) is 24.1 Å². The van der Waals surface area contributed by atoms with Gasteiger partial charge in [0.15, 0.2) is 0 Å². The molecule has 0 saturated heterocycles. The zero-order chi connectivity index (χ0) is 8.69. The van der Waals surface area contributed by atoms with Crippen molar-refractivity contribution in [2.24, 2.45) is 0 Å². The van der Waals surface area contributed by atoms with Crippen molar-refractivity contribution in [2.75, 3.05) is 0 Å². The minimum Gasteiger partial charge on any atom is -0.247 e. The first-order valence-electron chi connectivity index (χ1n) is 4.19. The van der Waals surface area contributed by atoms with Crippen LogP contribution >= 0.6 is 24.1 Å². The van der Waals surface area contributed by atoms with Gasteiger partial charge in [0, 0.05) is 34.6 Å². The molecule has 2 unspecified atom stereocenters. The molecule has 2 atom stereocenters. The van der Waals surface area contributed by atoms with Crippen LogP contribution in [0.5, 0.6) is 0 Å². The molecule has 0 radical (unpaired) electrons. The van der Waals surface area contributed by atoms with E-state index in [-0.39, 0.29) is 0 Å². The lowest BCUT2D eigenvalue weighted by Gasteiger charge is -2.09. The van der Waals surface area contributed by atoms with E-state index in [2.05, 4.69) is 27.7 Å². The van der Waals surface area contributed by atoms with Gasteiger partial charge in [0.25, 0.3) is 0 Å². The van der Waals surface area contributed by atoms with Crippen molar-refractivity contribution >= 4 is 24.1 Å². The molecule has 3 heteroatoms. The minimum atomic E-state index is 0.617. The molecule has 0 heterocycles. The molecule has 0 aliphatic carbocycles. The van der Waals surface area contributed by atoms with Crippen LogP contribution in [0.15, 0.2) is 0 Å². The molecule has 0 aliphatic heterocycles. The van der Waals surface area contributed by atoms with E-state index in [0.717, 1.165) is 0 Å². The van der Waals surface area contributed by atoms with Crippen LogP contribution in [-0.2, 0) is 3.63 Å². The van der Waals surface area contributed by atoms with Gasteiger partial charge in [-0.15, -0.1) is 0 Å². The molecule has 68 valence electrons. The van der Waals surface area contributed by atoms with Crippen molar-refractivity contribution in [2.45, 2.75) is 51.0 Å². The van der Waals surface area contributed by atoms with Crippen LogP contribution in [-0.4, -0.2) is 10.5 Å². The fourth-order valence-corrected chi connectivity index (χ4v) is 1.82. The van der Waals surface area contributed by atoms with Gasteiger partial charge in [0.05, 0.1) is 0 Å². The van der Waals surface area contributed by atoms with Crippen LogP contribution in [0.1, 0.15) is 40.5 Å². The maximum Gasteiger partial charge on any atom is 0.0293 e. The van der Waals surface area contributed by atoms with Crippen molar-refractivity contribution in [3.05, 3.63) is 0 Å². The van der Waals surface area contributed by atoms with Crippen molar-refractivity contribution < 1.29 is 3.63 Å². The van der Waals surface area contributed by atoms with E-state index in [1.165, 1.54) is 12.8 Å². The minimum absolute atomic E-state index is 0.617. The van der Waals surface area contributed by atoms with E-state index >= 15 is 0 Å². The van der Waals surface area contributed by atoms with Crippen molar-refractivity contribution in [3.63, 3.8) is 0 Å². The smallest absolute Gasteiger partial charge is 0.0293 e. The van der Waals surface area contributed by atoms with E-state index in [1.807, 2.05) is 0 Å². The second-order valence-corrected chi connectivity index (χ2v) is 5.24. The highest BCUT2D eigenvalue weighted by Gasteiger charge is 2.03. The first-order chi connectivity index (χ1) is 5.20. The van der Waals surface area contributed by atoms with Crippen LogP contribution in [0.3, 0.4) is 0 Å². The Bertz CT molecular complexity index is 78.2. The van der Waals surface area contributed by atoms with Gasteiger partial charge in [-0.05, 0) is 12.8 Å². The van der Waals surface area contributed by atoms with Crippen molar-refractivity contribution in [3.8, 4) is 0 Å². The summed E-state index contributed by atoms with van der Waals surface area (Å²) in [6.45, 7) is 8.72. The SMILES string of the molecule is CCC(C)SOSC(C)CC. The van der Waals surface area contributed by atoms with Gasteiger partial charge >= 0.3 is 0 Å². The Balaban J connectivity index is 3.13. The summed E-state index contributed by atoms with van der Waals surface area (Å²) in [6, 6.07) is 0. The van der Waals surface area contributed by atoms with Crippen LogP contribution in [0.4, 0.5) is 0 Å². The zero-order valence-electron chi connectivity index (χ0n) is 7.79. The monoisotopic (exact) mass is 194 g/mol. The van der Waals surface area contributed by atoms with Gasteiger partial charge in [0.2, 0.25) is 0 Å². The molecule has 0 aromatic heterocycles. The number of hydrogen-bond donors (Lipinski definition) is 0. The fourth-order valence-electron chi connectivity index (χ4n) is 0.293. The molecule has 0 spiro atoms. The molecular formula is C8H18OS2. The molecule has 1 nitrogen and oxygen atoms in total. The molecule has 11 heavy (non-hydrogen) atoms. The highest BCUT2D eigenvalue weighted by atomic mass is 32.2. The summed E-state index contributed by atoms with van der Waals surface area (Å²) in [4.78, 5) is 0. The summed E-state index contributed by atoms with van der Waals surface area (Å²) in [5.41, 5.74) is 0. The lowest BCUT2D eigenvalue weighted by molar-refractivity contribution is 0.711. The third kappa shape index (κ3) is 7.04. The van der Waals surface area contributed by atoms with Gasteiger partial charge in [-0.3, -0.25) is 0 Å². The average molecular weight is 194 g/mol. The highest BCUT2D eigenvalue weighted by molar-refractivity contribution is 8.08. The van der Waals surface area contributed by atoms with E-state index in [0.29, 0.717) is 10.5 Å². The summed E-state index contributed by atoms with van der Waals surface area (Å²) < 4.78 is 5.37. The van der Waals surface area contributed by atoms with Gasteiger partial charge in [-0.1, -0.05) is 27.7 Å². The van der Waals surface area contributed by atoms with Crippen molar-refractivity contribution in [1.82, 2.24) is 0 Å². The summed E-state index contributed by atoms with van der Waals surface area (Å²) >= 11 is 3.17. The quantitative estimate of drug-likeness (QED) is 0.594. The van der Waals surface area contributed by atoms with Gasteiger partial charge in [0.1, 0.15) is 0 Å². The van der Waals surface area contributed by atoms with Gasteiger partial charge in [-0.25, -0.2) is 3.63 Å². The van der Waals surface area contributed by atoms with Crippen LogP contribution < -0.4 is 0 Å². The maximum absolute atomic E-state index is 5.37. The molecule has 0 bridgehead atoms. The third-order valence-corrected chi connectivity index (χ3v) is 3.51. The van der Waals surface area contributed by atoms with Gasteiger partial charge in [-0.2, -0.15) is 0 Å². The first kappa shape index (κ1) is 11.7. The van der Waals surface area contributed by atoms with E-state index < -0.39 is 0 Å². The Hall–Kier alpha value is 0.660. The second kappa shape index (κ2) is 7.32. The predicted octanol–water partition coefficient (Wildman–Crippen LogP) is 3.90. The van der Waals surface area contributed by atoms with E-state index in [4.69, 9.17) is 3.63 Å². The average Bonchev–Trinajstić information content (AvgIpc) is 2.04. The molecule has 0 rings (SSSR count). The normalized spacial score (nSPS) is 16.4. The lowest BCUT2D eigenvalue weighted by Crippen LogP contribution is -1.95. The molecule has 0 amide bonds. The first-order valence-corrected chi connectivity index (χ1v) is 5.80. The van der Waals surface area contributed by atoms with Crippen LogP contribution in [0.25, 0.3) is 0 Å². The predicted molar refractivity (Wildman–Crippen MR) is 55.8 cm³/mol. The molecule has 0 N–H and O–H groups in total. The second-order valence-electron chi connectivity index (χ2n) is 2.70. The molecule has 0 saturated carbocycles. The standard InChI is InChI=1S/C8H18OS2/c1-5-7(3)10-9-11-8(4)6-2/h7-8H,5-6H2,1-4H3. The Morgan fingerprint density at radius 3 is 1.64 bits per heavy atom. The van der Waals surface area contributed by atoms with Crippen LogP contribution in [0.2, 0.25) is 0 Å².